The maximum atomic E-state index is 13.7. The van der Waals surface area contributed by atoms with Crippen molar-refractivity contribution in [2.75, 3.05) is 26.3 Å². The van der Waals surface area contributed by atoms with Crippen LogP contribution in [0.1, 0.15) is 37.7 Å². The molecule has 2 fully saturated rings. The fourth-order valence-electron chi connectivity index (χ4n) is 5.14. The van der Waals surface area contributed by atoms with Crippen LogP contribution in [0.2, 0.25) is 0 Å². The topological polar surface area (TPSA) is 114 Å². The Kier molecular flexibility index (Phi) is 10.5. The van der Waals surface area contributed by atoms with E-state index in [-0.39, 0.29) is 36.9 Å². The third-order valence-corrected chi connectivity index (χ3v) is 9.10. The highest BCUT2D eigenvalue weighted by molar-refractivity contribution is 7.89. The summed E-state index contributed by atoms with van der Waals surface area (Å²) in [6.07, 6.45) is -3.07. The summed E-state index contributed by atoms with van der Waals surface area (Å²) in [4.78, 5) is 12.5. The lowest BCUT2D eigenvalue weighted by molar-refractivity contribution is -0.274. The zero-order chi connectivity index (χ0) is 29.5. The van der Waals surface area contributed by atoms with Gasteiger partial charge in [-0.25, -0.2) is 13.2 Å². The van der Waals surface area contributed by atoms with Crippen LogP contribution in [0.25, 0.3) is 0 Å². The van der Waals surface area contributed by atoms with E-state index < -0.39 is 46.5 Å². The number of ether oxygens (including phenoxy) is 3. The Bertz CT molecular complexity index is 1220. The second-order valence-electron chi connectivity index (χ2n) is 10.4. The number of nitrogens with zero attached hydrogens (tertiary/aromatic N) is 1. The molecule has 1 saturated carbocycles. The van der Waals surface area contributed by atoms with Gasteiger partial charge in [0, 0.05) is 19.5 Å². The van der Waals surface area contributed by atoms with Gasteiger partial charge in [-0.1, -0.05) is 43.2 Å². The maximum absolute atomic E-state index is 13.7. The zero-order valence-corrected chi connectivity index (χ0v) is 23.3. The van der Waals surface area contributed by atoms with E-state index in [2.05, 4.69) is 10.1 Å². The quantitative estimate of drug-likeness (QED) is 0.374. The van der Waals surface area contributed by atoms with Crippen molar-refractivity contribution >= 4 is 16.1 Å². The first kappa shape index (κ1) is 31.1. The van der Waals surface area contributed by atoms with Crippen molar-refractivity contribution in [1.82, 2.24) is 9.62 Å². The number of benzene rings is 2. The maximum Gasteiger partial charge on any atom is 0.573 e. The number of aliphatic hydroxyl groups is 1. The Balaban J connectivity index is 1.54. The number of carbonyl (C=O) groups excluding carboxylic acids is 1. The number of amides is 1. The number of carbonyl (C=O) groups is 1. The van der Waals surface area contributed by atoms with E-state index in [4.69, 9.17) is 9.47 Å². The van der Waals surface area contributed by atoms with Crippen LogP contribution < -0.4 is 10.1 Å². The minimum atomic E-state index is -4.91. The molecule has 2 aromatic carbocycles. The Labute approximate surface area is 237 Å². The van der Waals surface area contributed by atoms with Gasteiger partial charge >= 0.3 is 12.5 Å². The summed E-state index contributed by atoms with van der Waals surface area (Å²) in [5.41, 5.74) is 0.812. The lowest BCUT2D eigenvalue weighted by Gasteiger charge is -2.31. The molecule has 0 bridgehead atoms. The summed E-state index contributed by atoms with van der Waals surface area (Å²) in [6.45, 7) is 0.539. The van der Waals surface area contributed by atoms with E-state index in [1.54, 1.807) is 0 Å². The molecule has 9 nitrogen and oxygen atoms in total. The molecule has 1 saturated heterocycles. The number of rotatable bonds is 12. The van der Waals surface area contributed by atoms with Crippen molar-refractivity contribution in [2.45, 2.75) is 68.0 Å². The van der Waals surface area contributed by atoms with Crippen LogP contribution in [0.4, 0.5) is 18.0 Å². The number of alkyl carbamates (subject to hydrolysis) is 1. The van der Waals surface area contributed by atoms with E-state index in [0.717, 1.165) is 59.8 Å². The van der Waals surface area contributed by atoms with Crippen molar-refractivity contribution in [3.8, 4) is 5.75 Å². The van der Waals surface area contributed by atoms with Gasteiger partial charge in [-0.2, -0.15) is 4.31 Å². The molecule has 2 aromatic rings. The largest absolute Gasteiger partial charge is 0.573 e. The molecule has 2 aliphatic rings. The predicted molar refractivity (Wildman–Crippen MR) is 143 cm³/mol. The molecular formula is C28H35F3N2O7S. The molecule has 1 aliphatic carbocycles. The first-order chi connectivity index (χ1) is 19.5. The van der Waals surface area contributed by atoms with Gasteiger partial charge in [0.25, 0.3) is 0 Å². The molecule has 4 rings (SSSR count). The van der Waals surface area contributed by atoms with E-state index in [9.17, 15) is 31.5 Å². The van der Waals surface area contributed by atoms with Crippen molar-refractivity contribution in [3.05, 3.63) is 60.2 Å². The summed E-state index contributed by atoms with van der Waals surface area (Å²) in [6, 6.07) is 12.2. The van der Waals surface area contributed by atoms with Gasteiger partial charge in [0.2, 0.25) is 10.0 Å². The molecular weight excluding hydrogens is 565 g/mol. The molecule has 226 valence electrons. The standard InChI is InChI=1S/C28H35F3N2O7S/c29-28(30,31)40-22-10-12-24(13-11-22)41(36,37)33(17-21-8-4-5-9-21)18-26(34)25(16-20-6-2-1-3-7-20)32-27(35)39-23-14-15-38-19-23/h1-3,6-7,10-13,21,23,25-26,34H,4-5,8-9,14-19H2,(H,32,35)/t23-,25-,26+/m0/s1. The van der Waals surface area contributed by atoms with Gasteiger partial charge in [0.1, 0.15) is 11.9 Å². The highest BCUT2D eigenvalue weighted by Crippen LogP contribution is 2.30. The Morgan fingerprint density at radius 2 is 1.76 bits per heavy atom. The third-order valence-electron chi connectivity index (χ3n) is 7.25. The van der Waals surface area contributed by atoms with E-state index in [1.165, 1.54) is 0 Å². The summed E-state index contributed by atoms with van der Waals surface area (Å²) in [5, 5.41) is 14.1. The smallest absolute Gasteiger partial charge is 0.444 e. The van der Waals surface area contributed by atoms with Crippen LogP contribution in [0.3, 0.4) is 0 Å². The molecule has 0 aromatic heterocycles. The molecule has 13 heteroatoms. The summed E-state index contributed by atoms with van der Waals surface area (Å²) in [5.74, 6) is -0.477. The minimum absolute atomic E-state index is 0.0673. The van der Waals surface area contributed by atoms with Gasteiger partial charge in [-0.05, 0) is 55.0 Å². The number of sulfonamides is 1. The normalized spacial score (nSPS) is 19.7. The van der Waals surface area contributed by atoms with Gasteiger partial charge < -0.3 is 24.6 Å². The third kappa shape index (κ3) is 9.32. The van der Waals surface area contributed by atoms with E-state index >= 15 is 0 Å². The average molecular weight is 601 g/mol. The average Bonchev–Trinajstić information content (AvgIpc) is 3.62. The number of nitrogens with one attached hydrogen (secondary N) is 1. The molecule has 3 atom stereocenters. The van der Waals surface area contributed by atoms with Gasteiger partial charge in [0.05, 0.1) is 30.3 Å². The number of hydrogen-bond acceptors (Lipinski definition) is 7. The lowest BCUT2D eigenvalue weighted by Crippen LogP contribution is -2.51. The molecule has 41 heavy (non-hydrogen) atoms. The van der Waals surface area contributed by atoms with Crippen molar-refractivity contribution in [1.29, 1.82) is 0 Å². The van der Waals surface area contributed by atoms with Crippen LogP contribution in [0, 0.1) is 5.92 Å². The first-order valence-corrected chi connectivity index (χ1v) is 15.1. The number of halogens is 3. The predicted octanol–water partition coefficient (Wildman–Crippen LogP) is 4.25. The molecule has 1 heterocycles. The molecule has 1 amide bonds. The minimum Gasteiger partial charge on any atom is -0.444 e. The van der Waals surface area contributed by atoms with Crippen molar-refractivity contribution < 1.29 is 45.7 Å². The van der Waals surface area contributed by atoms with Crippen LogP contribution in [0.15, 0.2) is 59.5 Å². The van der Waals surface area contributed by atoms with Gasteiger partial charge in [0.15, 0.2) is 0 Å². The summed E-state index contributed by atoms with van der Waals surface area (Å²) >= 11 is 0. The van der Waals surface area contributed by atoms with Gasteiger partial charge in [-0.15, -0.1) is 13.2 Å². The first-order valence-electron chi connectivity index (χ1n) is 13.6. The van der Waals surface area contributed by atoms with E-state index in [0.29, 0.717) is 13.0 Å². The van der Waals surface area contributed by atoms with Gasteiger partial charge in [-0.3, -0.25) is 0 Å². The Hall–Kier alpha value is -2.87. The molecule has 2 N–H and O–H groups in total. The van der Waals surface area contributed by atoms with E-state index in [1.807, 2.05) is 30.3 Å². The fraction of sp³-hybridized carbons (Fsp3) is 0.536. The van der Waals surface area contributed by atoms with Crippen molar-refractivity contribution in [3.63, 3.8) is 0 Å². The summed E-state index contributed by atoms with van der Waals surface area (Å²) in [7, 11) is -4.22. The summed E-state index contributed by atoms with van der Waals surface area (Å²) < 4.78 is 80.9. The molecule has 0 radical (unpaired) electrons. The number of alkyl halides is 3. The van der Waals surface area contributed by atoms with Crippen LogP contribution >= 0.6 is 0 Å². The zero-order valence-electron chi connectivity index (χ0n) is 22.5. The Morgan fingerprint density at radius 3 is 2.37 bits per heavy atom. The fourth-order valence-corrected chi connectivity index (χ4v) is 6.68. The second-order valence-corrected chi connectivity index (χ2v) is 12.3. The highest BCUT2D eigenvalue weighted by atomic mass is 32.2. The van der Waals surface area contributed by atoms with Crippen LogP contribution in [0.5, 0.6) is 5.75 Å². The highest BCUT2D eigenvalue weighted by Gasteiger charge is 2.35. The number of aliphatic hydroxyl groups excluding tert-OH is 1. The van der Waals surface area contributed by atoms with Crippen LogP contribution in [-0.4, -0.2) is 74.8 Å². The Morgan fingerprint density at radius 1 is 1.07 bits per heavy atom. The van der Waals surface area contributed by atoms with Crippen molar-refractivity contribution in [2.24, 2.45) is 5.92 Å². The monoisotopic (exact) mass is 600 g/mol. The second kappa shape index (κ2) is 13.9. The lowest BCUT2D eigenvalue weighted by atomic mass is 10.0. The SMILES string of the molecule is O=C(N[C@@H](Cc1ccccc1)[C@H](O)CN(CC1CCCC1)S(=O)(=O)c1ccc(OC(F)(F)F)cc1)O[C@H]1CCOC1. The molecule has 1 aliphatic heterocycles. The number of hydrogen-bond donors (Lipinski definition) is 2. The molecule has 0 unspecified atom stereocenters. The van der Waals surface area contributed by atoms with Crippen LogP contribution in [-0.2, 0) is 25.9 Å². The molecule has 0 spiro atoms.